The zero-order valence-corrected chi connectivity index (χ0v) is 33.5. The van der Waals surface area contributed by atoms with Crippen LogP contribution < -0.4 is 23.8 Å². The van der Waals surface area contributed by atoms with Gasteiger partial charge in [0.15, 0.2) is 18.8 Å². The van der Waals surface area contributed by atoms with Gasteiger partial charge < -0.3 is 28.7 Å². The van der Waals surface area contributed by atoms with E-state index in [-0.39, 0.29) is 49.7 Å². The Hall–Kier alpha value is -4.42. The molecule has 1 spiro atoms. The first kappa shape index (κ1) is 39.4. The number of piperidine rings is 1. The summed E-state index contributed by atoms with van der Waals surface area (Å²) in [6.07, 6.45) is 3.96. The summed E-state index contributed by atoms with van der Waals surface area (Å²) in [6, 6.07) is 9.89. The molecule has 4 aromatic rings. The van der Waals surface area contributed by atoms with Gasteiger partial charge in [-0.1, -0.05) is 19.1 Å². The fraction of sp³-hybridized carbons (Fsp3) is 0.525. The molecule has 4 fully saturated rings. The number of nitrogens with zero attached hydrogens (tertiary/aromatic N) is 5. The number of hydrogen-bond donors (Lipinski definition) is 2. The van der Waals surface area contributed by atoms with Gasteiger partial charge in [-0.2, -0.15) is 23.1 Å². The lowest BCUT2D eigenvalue weighted by molar-refractivity contribution is -0.0331. The number of carbonyl (C=O) groups is 1. The van der Waals surface area contributed by atoms with E-state index in [1.165, 1.54) is 18.1 Å². The van der Waals surface area contributed by atoms with E-state index in [0.717, 1.165) is 25.8 Å². The Morgan fingerprint density at radius 2 is 1.86 bits per heavy atom. The average molecular weight is 810 g/mol. The van der Waals surface area contributed by atoms with Crippen LogP contribution in [0.25, 0.3) is 32.8 Å². The first-order chi connectivity index (χ1) is 27.4. The Kier molecular flexibility index (Phi) is 10.6. The number of rotatable bonds is 11. The van der Waals surface area contributed by atoms with Crippen molar-refractivity contribution in [3.05, 3.63) is 53.6 Å². The number of ether oxygens (including phenoxy) is 4. The highest BCUT2D eigenvalue weighted by Crippen LogP contribution is 2.44. The van der Waals surface area contributed by atoms with Gasteiger partial charge in [0.2, 0.25) is 0 Å². The summed E-state index contributed by atoms with van der Waals surface area (Å²) in [6.45, 7) is 6.19. The molecule has 1 amide bonds. The number of aryl methyl sites for hydroxylation is 1. The minimum absolute atomic E-state index is 0.00433. The van der Waals surface area contributed by atoms with Crippen LogP contribution >= 0.6 is 0 Å². The molecule has 2 N–H and O–H groups in total. The van der Waals surface area contributed by atoms with E-state index in [0.29, 0.717) is 77.6 Å². The van der Waals surface area contributed by atoms with Crippen LogP contribution in [0.1, 0.15) is 57.9 Å². The first-order valence-corrected chi connectivity index (χ1v) is 21.1. The smallest absolute Gasteiger partial charge is 0.411 e. The van der Waals surface area contributed by atoms with E-state index < -0.39 is 39.1 Å². The molecule has 1 aromatic heterocycles. The topological polar surface area (TPSA) is 148 Å². The third-order valence-electron chi connectivity index (χ3n) is 12.1. The van der Waals surface area contributed by atoms with Crippen LogP contribution in [0.4, 0.5) is 19.4 Å². The maximum Gasteiger partial charge on any atom is 0.411 e. The molecule has 0 saturated carbocycles. The van der Waals surface area contributed by atoms with Crippen LogP contribution in [0.15, 0.2) is 36.4 Å². The van der Waals surface area contributed by atoms with Crippen molar-refractivity contribution in [2.45, 2.75) is 76.1 Å². The second-order valence-electron chi connectivity index (χ2n) is 15.6. The maximum atomic E-state index is 17.5. The van der Waals surface area contributed by atoms with Gasteiger partial charge in [0.25, 0.3) is 10.2 Å². The molecular weight excluding hydrogens is 761 g/mol. The molecule has 8 rings (SSSR count). The molecular formula is C40H49F2N7O7S. The fourth-order valence-electron chi connectivity index (χ4n) is 9.14. The number of fused-ring (bicyclic) bond motifs is 3. The highest BCUT2D eigenvalue weighted by atomic mass is 32.2. The number of hydrogen-bond acceptors (Lipinski definition) is 11. The zero-order chi connectivity index (χ0) is 40.1. The van der Waals surface area contributed by atoms with Crippen LogP contribution in [0.3, 0.4) is 0 Å². The average Bonchev–Trinajstić information content (AvgIpc) is 3.86. The largest absolute Gasteiger partial charge is 0.468 e. The summed E-state index contributed by atoms with van der Waals surface area (Å²) < 4.78 is 86.5. The highest BCUT2D eigenvalue weighted by Gasteiger charge is 2.52. The Bertz CT molecular complexity index is 2320. The predicted octanol–water partition coefficient (Wildman–Crippen LogP) is 5.47. The highest BCUT2D eigenvalue weighted by molar-refractivity contribution is 7.87. The van der Waals surface area contributed by atoms with Gasteiger partial charge in [-0.05, 0) is 91.6 Å². The summed E-state index contributed by atoms with van der Waals surface area (Å²) >= 11 is 0. The number of carbonyl (C=O) groups excluding carboxylic acids is 1. The van der Waals surface area contributed by atoms with E-state index in [2.05, 4.69) is 14.3 Å². The fourth-order valence-corrected chi connectivity index (χ4v) is 10.5. The van der Waals surface area contributed by atoms with Gasteiger partial charge in [0, 0.05) is 64.3 Å². The number of amides is 1. The summed E-state index contributed by atoms with van der Waals surface area (Å²) in [5.74, 6) is -0.208. The van der Waals surface area contributed by atoms with E-state index in [4.69, 9.17) is 28.9 Å². The van der Waals surface area contributed by atoms with Crippen LogP contribution in [-0.4, -0.2) is 112 Å². The van der Waals surface area contributed by atoms with Crippen molar-refractivity contribution < 1.29 is 40.9 Å². The molecule has 5 heterocycles. The van der Waals surface area contributed by atoms with Crippen molar-refractivity contribution in [3.63, 3.8) is 0 Å². The van der Waals surface area contributed by atoms with Gasteiger partial charge in [-0.25, -0.2) is 18.3 Å². The van der Waals surface area contributed by atoms with Crippen molar-refractivity contribution in [1.82, 2.24) is 29.2 Å². The third-order valence-corrected chi connectivity index (χ3v) is 13.3. The van der Waals surface area contributed by atoms with Crippen LogP contribution in [-0.2, 0) is 26.1 Å². The van der Waals surface area contributed by atoms with Crippen LogP contribution in [0.5, 0.6) is 11.8 Å². The van der Waals surface area contributed by atoms with Crippen molar-refractivity contribution in [2.75, 3.05) is 65.2 Å². The molecule has 0 radical (unpaired) electrons. The molecule has 14 nitrogen and oxygen atoms in total. The quantitative estimate of drug-likeness (QED) is 0.186. The van der Waals surface area contributed by atoms with E-state index in [1.54, 1.807) is 37.4 Å². The molecule has 17 heteroatoms. The molecule has 0 bridgehead atoms. The second-order valence-corrected chi connectivity index (χ2v) is 17.1. The monoisotopic (exact) mass is 809 g/mol. The number of aromatic nitrogens is 2. The summed E-state index contributed by atoms with van der Waals surface area (Å²) in [7, 11) is -0.456. The molecule has 3 aromatic carbocycles. The molecule has 4 saturated heterocycles. The molecule has 4 aliphatic heterocycles. The molecule has 57 heavy (non-hydrogen) atoms. The molecule has 3 atom stereocenters. The number of halogens is 2. The molecule has 0 aliphatic carbocycles. The summed E-state index contributed by atoms with van der Waals surface area (Å²) in [5.41, 5.74) is -0.138. The number of nitrogens with one attached hydrogen (secondary N) is 2. The predicted molar refractivity (Wildman–Crippen MR) is 210 cm³/mol. The van der Waals surface area contributed by atoms with Gasteiger partial charge in [0.05, 0.1) is 11.1 Å². The lowest BCUT2D eigenvalue weighted by Gasteiger charge is -2.40. The zero-order valence-electron chi connectivity index (χ0n) is 32.7. The Labute approximate surface area is 331 Å². The minimum atomic E-state index is -3.66. The minimum Gasteiger partial charge on any atom is -0.468 e. The van der Waals surface area contributed by atoms with Gasteiger partial charge >= 0.3 is 12.1 Å². The van der Waals surface area contributed by atoms with Gasteiger partial charge in [0.1, 0.15) is 29.5 Å². The van der Waals surface area contributed by atoms with Crippen LogP contribution in [0.2, 0.25) is 0 Å². The molecule has 4 aliphatic rings. The SMILES string of the molecule is CCc1c(F)ccc2cc(OCOC)cc(-c3ccc4c(N5CCCC6(CNS(=O)(=O)N6)C5)nc(OC[C@]56CCCN5[C@@H](OC(=O)N(C)CC)CC6)nc4c3F)c12. The van der Waals surface area contributed by atoms with Gasteiger partial charge in [-0.3, -0.25) is 4.90 Å². The molecule has 306 valence electrons. The standard InChI is InChI=1S/C40H49F2N7O7S/c1-5-27-31(41)12-9-25-19-26(55-24-53-4)20-30(33(25)27)28-10-11-29-35(34(28)42)44-37(45-36(29)48-17-7-14-39(22-48)21-43-57(51,52)46-39)54-23-40-15-8-18-49(40)32(13-16-40)56-38(50)47(3)6-2/h9-12,19-20,32,43,46H,5-8,13-18,21-24H2,1-4H3/t32-,39?,40+/m0/s1. The lowest BCUT2D eigenvalue weighted by atomic mass is 9.90. The number of methoxy groups -OCH3 is 1. The Balaban J connectivity index is 1.22. The Morgan fingerprint density at radius 3 is 2.61 bits per heavy atom. The first-order valence-electron chi connectivity index (χ1n) is 19.6. The maximum absolute atomic E-state index is 17.5. The third kappa shape index (κ3) is 7.32. The van der Waals surface area contributed by atoms with Crippen molar-refractivity contribution in [1.29, 1.82) is 0 Å². The van der Waals surface area contributed by atoms with E-state index >= 15 is 8.78 Å². The number of anilines is 1. The van der Waals surface area contributed by atoms with Crippen molar-refractivity contribution in [3.8, 4) is 22.9 Å². The number of benzene rings is 3. The van der Waals surface area contributed by atoms with Crippen LogP contribution in [0, 0.1) is 11.6 Å². The normalized spacial score (nSPS) is 24.4. The summed E-state index contributed by atoms with van der Waals surface area (Å²) in [5, 5.41) is 1.66. The van der Waals surface area contributed by atoms with Crippen molar-refractivity contribution >= 4 is 43.8 Å². The summed E-state index contributed by atoms with van der Waals surface area (Å²) in [4.78, 5) is 28.0. The molecule has 1 unspecified atom stereocenters. The Morgan fingerprint density at radius 1 is 1.04 bits per heavy atom. The lowest BCUT2D eigenvalue weighted by Crippen LogP contribution is -2.56. The second kappa shape index (κ2) is 15.4. The van der Waals surface area contributed by atoms with Crippen molar-refractivity contribution in [2.24, 2.45) is 0 Å². The van der Waals surface area contributed by atoms with E-state index in [1.807, 2.05) is 18.7 Å². The van der Waals surface area contributed by atoms with Gasteiger partial charge in [-0.15, -0.1) is 0 Å². The van der Waals surface area contributed by atoms with E-state index in [9.17, 15) is 13.2 Å².